The molecule has 0 bridgehead atoms. The Labute approximate surface area is 109 Å². The van der Waals surface area contributed by atoms with Gasteiger partial charge in [0.15, 0.2) is 0 Å². The Hall–Kier alpha value is -1.76. The minimum absolute atomic E-state index is 0.114. The third-order valence-electron chi connectivity index (χ3n) is 2.61. The molecule has 1 aromatic carbocycles. The van der Waals surface area contributed by atoms with Crippen molar-refractivity contribution in [2.45, 2.75) is 19.1 Å². The lowest BCUT2D eigenvalue weighted by Crippen LogP contribution is -2.36. The van der Waals surface area contributed by atoms with Crippen LogP contribution < -0.4 is 16.4 Å². The molecule has 0 saturated carbocycles. The Kier molecular flexibility index (Phi) is 5.17. The van der Waals surface area contributed by atoms with Crippen LogP contribution in [0.3, 0.4) is 0 Å². The van der Waals surface area contributed by atoms with Crippen LogP contribution in [0.1, 0.15) is 24.1 Å². The third-order valence-corrected chi connectivity index (χ3v) is 2.61. The molecule has 0 aliphatic carbocycles. The largest absolute Gasteiger partial charge is 0.416 e. The molecular formula is C12H16F3N3O. The van der Waals surface area contributed by atoms with Crippen LogP contribution in [0.25, 0.3) is 0 Å². The maximum atomic E-state index is 12.4. The van der Waals surface area contributed by atoms with E-state index in [-0.39, 0.29) is 6.04 Å². The van der Waals surface area contributed by atoms with Gasteiger partial charge < -0.3 is 16.4 Å². The van der Waals surface area contributed by atoms with Crippen LogP contribution in [-0.2, 0) is 6.18 Å². The summed E-state index contributed by atoms with van der Waals surface area (Å²) in [7, 11) is 0. The molecule has 0 spiro atoms. The Morgan fingerprint density at radius 1 is 1.26 bits per heavy atom. The lowest BCUT2D eigenvalue weighted by molar-refractivity contribution is -0.137. The summed E-state index contributed by atoms with van der Waals surface area (Å²) in [5, 5.41) is 5.47. The fourth-order valence-corrected chi connectivity index (χ4v) is 1.55. The number of urea groups is 1. The lowest BCUT2D eigenvalue weighted by Gasteiger charge is -2.15. The van der Waals surface area contributed by atoms with Crippen molar-refractivity contribution in [2.24, 2.45) is 5.73 Å². The minimum atomic E-state index is -4.32. The van der Waals surface area contributed by atoms with Crippen molar-refractivity contribution in [3.8, 4) is 0 Å². The number of amides is 2. The molecule has 1 rings (SSSR count). The van der Waals surface area contributed by atoms with E-state index >= 15 is 0 Å². The number of primary amides is 1. The predicted molar refractivity (Wildman–Crippen MR) is 65.4 cm³/mol. The topological polar surface area (TPSA) is 67.2 Å². The van der Waals surface area contributed by atoms with E-state index in [1.54, 1.807) is 0 Å². The summed E-state index contributed by atoms with van der Waals surface area (Å²) in [5.74, 6) is 0. The fourth-order valence-electron chi connectivity index (χ4n) is 1.55. The van der Waals surface area contributed by atoms with Gasteiger partial charge in [-0.05, 0) is 24.6 Å². The number of nitrogens with one attached hydrogen (secondary N) is 2. The van der Waals surface area contributed by atoms with E-state index in [1.807, 2.05) is 6.92 Å². The number of benzene rings is 1. The smallest absolute Gasteiger partial charge is 0.352 e. The molecule has 2 amide bonds. The van der Waals surface area contributed by atoms with Crippen LogP contribution in [0.5, 0.6) is 0 Å². The van der Waals surface area contributed by atoms with Gasteiger partial charge in [0.05, 0.1) is 5.56 Å². The highest BCUT2D eigenvalue weighted by molar-refractivity contribution is 5.71. The maximum absolute atomic E-state index is 12.4. The molecule has 0 aliphatic heterocycles. The van der Waals surface area contributed by atoms with Gasteiger partial charge in [0, 0.05) is 19.1 Å². The molecule has 0 fully saturated rings. The highest BCUT2D eigenvalue weighted by atomic mass is 19.4. The SMILES string of the molecule is CC(NCCNC(N)=O)c1ccc(C(F)(F)F)cc1. The summed E-state index contributed by atoms with van der Waals surface area (Å²) in [4.78, 5) is 10.4. The van der Waals surface area contributed by atoms with Crippen molar-refractivity contribution in [3.63, 3.8) is 0 Å². The Morgan fingerprint density at radius 3 is 2.32 bits per heavy atom. The number of nitrogens with two attached hydrogens (primary N) is 1. The van der Waals surface area contributed by atoms with Gasteiger partial charge in [-0.3, -0.25) is 0 Å². The molecule has 4 N–H and O–H groups in total. The molecule has 19 heavy (non-hydrogen) atoms. The van der Waals surface area contributed by atoms with Crippen LogP contribution in [0.2, 0.25) is 0 Å². The van der Waals surface area contributed by atoms with Crippen molar-refractivity contribution < 1.29 is 18.0 Å². The molecule has 0 saturated heterocycles. The molecule has 1 unspecified atom stereocenters. The number of halogens is 3. The first kappa shape index (κ1) is 15.3. The van der Waals surface area contributed by atoms with Gasteiger partial charge in [0.25, 0.3) is 0 Å². The van der Waals surface area contributed by atoms with Crippen LogP contribution in [0, 0.1) is 0 Å². The molecule has 0 aromatic heterocycles. The Balaban J connectivity index is 2.49. The quantitative estimate of drug-likeness (QED) is 0.720. The fraction of sp³-hybridized carbons (Fsp3) is 0.417. The third kappa shape index (κ3) is 5.17. The van der Waals surface area contributed by atoms with Crippen LogP contribution in [0.4, 0.5) is 18.0 Å². The van der Waals surface area contributed by atoms with Gasteiger partial charge >= 0.3 is 12.2 Å². The standard InChI is InChI=1S/C12H16F3N3O/c1-8(17-6-7-18-11(16)19)9-2-4-10(5-3-9)12(13,14)15/h2-5,8,17H,6-7H2,1H3,(H3,16,18,19). The first-order chi connectivity index (χ1) is 8.80. The van der Waals surface area contributed by atoms with E-state index in [4.69, 9.17) is 5.73 Å². The van der Waals surface area contributed by atoms with E-state index in [2.05, 4.69) is 10.6 Å². The Morgan fingerprint density at radius 2 is 1.84 bits per heavy atom. The van der Waals surface area contributed by atoms with Gasteiger partial charge in [0.2, 0.25) is 0 Å². The van der Waals surface area contributed by atoms with E-state index in [0.29, 0.717) is 13.1 Å². The zero-order valence-corrected chi connectivity index (χ0v) is 10.4. The Bertz CT molecular complexity index is 417. The van der Waals surface area contributed by atoms with Crippen molar-refractivity contribution in [1.29, 1.82) is 0 Å². The van der Waals surface area contributed by atoms with E-state index in [1.165, 1.54) is 12.1 Å². The number of carbonyl (C=O) groups is 1. The number of alkyl halides is 3. The second-order valence-corrected chi connectivity index (χ2v) is 4.09. The normalized spacial score (nSPS) is 13.1. The summed E-state index contributed by atoms with van der Waals surface area (Å²) in [6.07, 6.45) is -4.32. The van der Waals surface area contributed by atoms with Crippen LogP contribution in [-0.4, -0.2) is 19.1 Å². The van der Waals surface area contributed by atoms with Crippen molar-refractivity contribution in [1.82, 2.24) is 10.6 Å². The van der Waals surface area contributed by atoms with Gasteiger partial charge in [-0.2, -0.15) is 13.2 Å². The van der Waals surface area contributed by atoms with E-state index < -0.39 is 17.8 Å². The van der Waals surface area contributed by atoms with Crippen molar-refractivity contribution in [3.05, 3.63) is 35.4 Å². The first-order valence-corrected chi connectivity index (χ1v) is 5.74. The zero-order chi connectivity index (χ0) is 14.5. The highest BCUT2D eigenvalue weighted by Crippen LogP contribution is 2.29. The first-order valence-electron chi connectivity index (χ1n) is 5.74. The van der Waals surface area contributed by atoms with Crippen LogP contribution in [0.15, 0.2) is 24.3 Å². The molecule has 0 heterocycles. The molecule has 0 aliphatic rings. The molecule has 4 nitrogen and oxygen atoms in total. The van der Waals surface area contributed by atoms with Crippen molar-refractivity contribution in [2.75, 3.05) is 13.1 Å². The van der Waals surface area contributed by atoms with Gasteiger partial charge in [0.1, 0.15) is 0 Å². The zero-order valence-electron chi connectivity index (χ0n) is 10.4. The summed E-state index contributed by atoms with van der Waals surface area (Å²) >= 11 is 0. The number of rotatable bonds is 5. The molecule has 0 radical (unpaired) electrons. The van der Waals surface area contributed by atoms with Crippen molar-refractivity contribution >= 4 is 6.03 Å². The number of carbonyl (C=O) groups excluding carboxylic acids is 1. The molecule has 1 aromatic rings. The minimum Gasteiger partial charge on any atom is -0.352 e. The van der Waals surface area contributed by atoms with E-state index in [9.17, 15) is 18.0 Å². The number of hydrogen-bond donors (Lipinski definition) is 3. The molecule has 7 heteroatoms. The summed E-state index contributed by atoms with van der Waals surface area (Å²) < 4.78 is 37.1. The van der Waals surface area contributed by atoms with E-state index in [0.717, 1.165) is 17.7 Å². The van der Waals surface area contributed by atoms with Gasteiger partial charge in [-0.15, -0.1) is 0 Å². The second kappa shape index (κ2) is 6.42. The summed E-state index contributed by atoms with van der Waals surface area (Å²) in [6, 6.07) is 4.25. The second-order valence-electron chi connectivity index (χ2n) is 4.09. The molecule has 106 valence electrons. The summed E-state index contributed by atoms with van der Waals surface area (Å²) in [5.41, 5.74) is 4.97. The number of hydrogen-bond acceptors (Lipinski definition) is 2. The molecular weight excluding hydrogens is 259 g/mol. The average molecular weight is 275 g/mol. The summed E-state index contributed by atoms with van der Waals surface area (Å²) in [6.45, 7) is 2.66. The maximum Gasteiger partial charge on any atom is 0.416 e. The lowest BCUT2D eigenvalue weighted by atomic mass is 10.1. The molecule has 1 atom stereocenters. The predicted octanol–water partition coefficient (Wildman–Crippen LogP) is 2.02. The monoisotopic (exact) mass is 275 g/mol. The van der Waals surface area contributed by atoms with Gasteiger partial charge in [-0.1, -0.05) is 12.1 Å². The van der Waals surface area contributed by atoms with Gasteiger partial charge in [-0.25, -0.2) is 4.79 Å². The average Bonchev–Trinajstić information content (AvgIpc) is 2.33. The van der Waals surface area contributed by atoms with Crippen LogP contribution >= 0.6 is 0 Å². The highest BCUT2D eigenvalue weighted by Gasteiger charge is 2.30.